The molecule has 1 fully saturated rings. The number of halogens is 2. The van der Waals surface area contributed by atoms with Crippen molar-refractivity contribution < 1.29 is 9.18 Å². The van der Waals surface area contributed by atoms with Crippen LogP contribution in [0.5, 0.6) is 0 Å². The molecular weight excluding hydrogens is 299 g/mol. The maximum Gasteiger partial charge on any atom is 0.221 e. The van der Waals surface area contributed by atoms with Crippen LogP contribution < -0.4 is 10.6 Å². The smallest absolute Gasteiger partial charge is 0.221 e. The van der Waals surface area contributed by atoms with Crippen molar-refractivity contribution in [3.8, 4) is 0 Å². The van der Waals surface area contributed by atoms with E-state index >= 15 is 0 Å². The van der Waals surface area contributed by atoms with Gasteiger partial charge in [-0.25, -0.2) is 4.39 Å². The van der Waals surface area contributed by atoms with Crippen LogP contribution in [0, 0.1) is 12.7 Å². The first-order chi connectivity index (χ1) is 8.56. The molecule has 0 aliphatic heterocycles. The lowest BCUT2D eigenvalue weighted by Crippen LogP contribution is -2.27. The van der Waals surface area contributed by atoms with Gasteiger partial charge in [0.2, 0.25) is 5.91 Å². The van der Waals surface area contributed by atoms with Crippen LogP contribution in [0.25, 0.3) is 0 Å². The average Bonchev–Trinajstić information content (AvgIpc) is 3.09. The fourth-order valence-electron chi connectivity index (χ4n) is 1.67. The molecule has 1 aliphatic carbocycles. The molecule has 0 radical (unpaired) electrons. The maximum atomic E-state index is 13.2. The quantitative estimate of drug-likeness (QED) is 0.877. The molecule has 0 saturated heterocycles. The summed E-state index contributed by atoms with van der Waals surface area (Å²) in [4.78, 5) is 11.5. The molecule has 3 nitrogen and oxygen atoms in total. The van der Waals surface area contributed by atoms with Crippen LogP contribution in [0.1, 0.15) is 24.8 Å². The second-order valence-electron chi connectivity index (χ2n) is 4.60. The molecule has 1 amide bonds. The largest absolute Gasteiger partial charge is 0.384 e. The van der Waals surface area contributed by atoms with Crippen molar-refractivity contribution in [3.63, 3.8) is 0 Å². The van der Waals surface area contributed by atoms with Crippen LogP contribution in [0.15, 0.2) is 16.6 Å². The van der Waals surface area contributed by atoms with Gasteiger partial charge in [0.05, 0.1) is 4.47 Å². The molecule has 98 valence electrons. The second-order valence-corrected chi connectivity index (χ2v) is 5.45. The van der Waals surface area contributed by atoms with Crippen LogP contribution in [0.3, 0.4) is 0 Å². The highest BCUT2D eigenvalue weighted by atomic mass is 79.9. The number of amides is 1. The van der Waals surface area contributed by atoms with E-state index in [0.29, 0.717) is 23.5 Å². The van der Waals surface area contributed by atoms with E-state index in [-0.39, 0.29) is 11.7 Å². The molecule has 2 N–H and O–H groups in total. The van der Waals surface area contributed by atoms with Crippen LogP contribution >= 0.6 is 15.9 Å². The van der Waals surface area contributed by atoms with Crippen LogP contribution in [0.2, 0.25) is 0 Å². The van der Waals surface area contributed by atoms with Crippen molar-refractivity contribution in [2.24, 2.45) is 0 Å². The van der Waals surface area contributed by atoms with E-state index in [4.69, 9.17) is 0 Å². The zero-order valence-electron chi connectivity index (χ0n) is 10.2. The lowest BCUT2D eigenvalue weighted by Gasteiger charge is -2.10. The van der Waals surface area contributed by atoms with Gasteiger partial charge in [-0.2, -0.15) is 0 Å². The Labute approximate surface area is 114 Å². The number of rotatable bonds is 5. The molecule has 18 heavy (non-hydrogen) atoms. The highest BCUT2D eigenvalue weighted by molar-refractivity contribution is 9.10. The number of nitrogens with one attached hydrogen (secondary N) is 2. The Balaban J connectivity index is 1.82. The summed E-state index contributed by atoms with van der Waals surface area (Å²) in [6, 6.07) is 3.57. The third-order valence-electron chi connectivity index (χ3n) is 2.88. The summed E-state index contributed by atoms with van der Waals surface area (Å²) in [7, 11) is 0. The van der Waals surface area contributed by atoms with E-state index in [1.54, 1.807) is 6.07 Å². The van der Waals surface area contributed by atoms with Crippen molar-refractivity contribution in [1.82, 2.24) is 5.32 Å². The zero-order valence-corrected chi connectivity index (χ0v) is 11.8. The zero-order chi connectivity index (χ0) is 13.1. The first-order valence-electron chi connectivity index (χ1n) is 6.05. The SMILES string of the molecule is Cc1cc(F)c(Br)cc1NCCC(=O)NC1CC1. The molecule has 1 aromatic rings. The molecule has 0 heterocycles. The van der Waals surface area contributed by atoms with E-state index in [9.17, 15) is 9.18 Å². The number of hydrogen-bond donors (Lipinski definition) is 2. The summed E-state index contributed by atoms with van der Waals surface area (Å²) in [5.41, 5.74) is 1.68. The fraction of sp³-hybridized carbons (Fsp3) is 0.462. The van der Waals surface area contributed by atoms with Gasteiger partial charge in [-0.15, -0.1) is 0 Å². The average molecular weight is 315 g/mol. The molecule has 0 unspecified atom stereocenters. The van der Waals surface area contributed by atoms with Gasteiger partial charge in [-0.3, -0.25) is 4.79 Å². The topological polar surface area (TPSA) is 41.1 Å². The minimum Gasteiger partial charge on any atom is -0.384 e. The van der Waals surface area contributed by atoms with Crippen molar-refractivity contribution >= 4 is 27.5 Å². The van der Waals surface area contributed by atoms with Crippen LogP contribution in [-0.2, 0) is 4.79 Å². The third kappa shape index (κ3) is 3.70. The third-order valence-corrected chi connectivity index (χ3v) is 3.48. The maximum absolute atomic E-state index is 13.2. The van der Waals surface area contributed by atoms with E-state index in [1.807, 2.05) is 6.92 Å². The highest BCUT2D eigenvalue weighted by Gasteiger charge is 2.22. The van der Waals surface area contributed by atoms with Crippen molar-refractivity contribution in [3.05, 3.63) is 28.0 Å². The van der Waals surface area contributed by atoms with Crippen molar-refractivity contribution in [1.29, 1.82) is 0 Å². The summed E-state index contributed by atoms with van der Waals surface area (Å²) in [6.45, 7) is 2.39. The second kappa shape index (κ2) is 5.69. The molecule has 0 bridgehead atoms. The molecule has 0 aromatic heterocycles. The molecular formula is C13H16BrFN2O. The summed E-state index contributed by atoms with van der Waals surface area (Å²) >= 11 is 3.15. The summed E-state index contributed by atoms with van der Waals surface area (Å²) in [6.07, 6.45) is 2.64. The van der Waals surface area contributed by atoms with Gasteiger partial charge >= 0.3 is 0 Å². The number of anilines is 1. The van der Waals surface area contributed by atoms with Gasteiger partial charge in [0.25, 0.3) is 0 Å². The van der Waals surface area contributed by atoms with E-state index < -0.39 is 0 Å². The molecule has 1 aromatic carbocycles. The van der Waals surface area contributed by atoms with E-state index in [2.05, 4.69) is 26.6 Å². The Morgan fingerprint density at radius 1 is 1.50 bits per heavy atom. The predicted molar refractivity (Wildman–Crippen MR) is 73.1 cm³/mol. The van der Waals surface area contributed by atoms with Crippen LogP contribution in [-0.4, -0.2) is 18.5 Å². The Morgan fingerprint density at radius 2 is 2.22 bits per heavy atom. The van der Waals surface area contributed by atoms with Gasteiger partial charge in [0, 0.05) is 24.7 Å². The molecule has 2 rings (SSSR count). The standard InChI is InChI=1S/C13H16BrFN2O/c1-8-6-11(15)10(14)7-12(8)16-5-4-13(18)17-9-2-3-9/h6-7,9,16H,2-5H2,1H3,(H,17,18). The Kier molecular flexibility index (Phi) is 4.22. The summed E-state index contributed by atoms with van der Waals surface area (Å²) in [5.74, 6) is -0.201. The van der Waals surface area contributed by atoms with Gasteiger partial charge in [-0.1, -0.05) is 0 Å². The number of carbonyl (C=O) groups is 1. The fourth-order valence-corrected chi connectivity index (χ4v) is 2.02. The number of carbonyl (C=O) groups excluding carboxylic acids is 1. The Morgan fingerprint density at radius 3 is 2.89 bits per heavy atom. The first-order valence-corrected chi connectivity index (χ1v) is 6.84. The van der Waals surface area contributed by atoms with Crippen LogP contribution in [0.4, 0.5) is 10.1 Å². The minimum atomic E-state index is -0.274. The summed E-state index contributed by atoms with van der Waals surface area (Å²) < 4.78 is 13.7. The van der Waals surface area contributed by atoms with Gasteiger partial charge in [0.1, 0.15) is 5.82 Å². The monoisotopic (exact) mass is 314 g/mol. The van der Waals surface area contributed by atoms with Gasteiger partial charge in [0.15, 0.2) is 0 Å². The van der Waals surface area contributed by atoms with Crippen molar-refractivity contribution in [2.45, 2.75) is 32.2 Å². The highest BCUT2D eigenvalue weighted by Crippen LogP contribution is 2.24. The van der Waals surface area contributed by atoms with Crippen molar-refractivity contribution in [2.75, 3.05) is 11.9 Å². The van der Waals surface area contributed by atoms with E-state index in [0.717, 1.165) is 24.1 Å². The number of aryl methyl sites for hydroxylation is 1. The first kappa shape index (κ1) is 13.3. The molecule has 0 atom stereocenters. The lowest BCUT2D eigenvalue weighted by atomic mass is 10.2. The Bertz CT molecular complexity index is 461. The number of hydrogen-bond acceptors (Lipinski definition) is 2. The van der Waals surface area contributed by atoms with Gasteiger partial charge in [-0.05, 0) is 53.4 Å². The number of benzene rings is 1. The molecule has 1 saturated carbocycles. The van der Waals surface area contributed by atoms with Gasteiger partial charge < -0.3 is 10.6 Å². The molecule has 0 spiro atoms. The molecule has 1 aliphatic rings. The lowest BCUT2D eigenvalue weighted by molar-refractivity contribution is -0.120. The Hall–Kier alpha value is -1.10. The normalized spacial score (nSPS) is 14.4. The molecule has 5 heteroatoms. The van der Waals surface area contributed by atoms with E-state index in [1.165, 1.54) is 6.07 Å². The summed E-state index contributed by atoms with van der Waals surface area (Å²) in [5, 5.41) is 6.08. The minimum absolute atomic E-state index is 0.0730. The predicted octanol–water partition coefficient (Wildman–Crippen LogP) is 2.98.